The fraction of sp³-hybridized carbons (Fsp3) is 1.00. The van der Waals surface area contributed by atoms with Gasteiger partial charge in [-0.25, -0.2) is 0 Å². The first-order chi connectivity index (χ1) is 43.8. The maximum Gasteiger partial charge on any atom is 0.0635 e. The minimum Gasteiger partial charge on any atom is -0.297 e. The zero-order valence-corrected chi connectivity index (χ0v) is 58.1. The lowest BCUT2D eigenvalue weighted by Crippen LogP contribution is -2.71. The van der Waals surface area contributed by atoms with E-state index in [2.05, 4.69) is 74.4 Å². The maximum atomic E-state index is 4.86. The van der Waals surface area contributed by atoms with E-state index in [-0.39, 0.29) is 0 Å². The molecule has 12 aliphatic carbocycles. The first-order valence-corrected chi connectivity index (χ1v) is 41.2. The highest BCUT2D eigenvalue weighted by Crippen LogP contribution is 2.62. The van der Waals surface area contributed by atoms with Crippen LogP contribution in [0.15, 0.2) is 0 Å². The molecule has 0 radical (unpaired) electrons. The molecule has 17 fully saturated rings. The fourth-order valence-corrected chi connectivity index (χ4v) is 29.6. The molecular formula is C79H136N10. The van der Waals surface area contributed by atoms with Crippen LogP contribution in [0.1, 0.15) is 289 Å². The SMILES string of the molecule is CN1C2CCCCC2N(C2CCCC(C3CC(C4NC5CCCCC5N4C)C(C4NC5CCCCC5N4C)C(C4CCCC(N5C6CCCCC6N(C)C6CCCCC65)C4)C3C3CCCC(N4C5CCCCC5N(C)C5CCCCC54)C3)C2)C2CCCCC21. The Hall–Kier alpha value is -0.400. The van der Waals surface area contributed by atoms with Gasteiger partial charge in [0.15, 0.2) is 0 Å². The third-order valence-electron chi connectivity index (χ3n) is 33.0. The van der Waals surface area contributed by atoms with Crippen LogP contribution in [-0.2, 0) is 0 Å². The third kappa shape index (κ3) is 11.0. The van der Waals surface area contributed by atoms with Gasteiger partial charge in [-0.1, -0.05) is 141 Å². The Bertz CT molecular complexity index is 2280. The molecule has 0 spiro atoms. The monoisotopic (exact) mass is 1230 g/mol. The molecule has 89 heavy (non-hydrogen) atoms. The molecule has 10 heteroatoms. The smallest absolute Gasteiger partial charge is 0.0635 e. The number of nitrogens with zero attached hydrogens (tertiary/aromatic N) is 8. The second-order valence-corrected chi connectivity index (χ2v) is 36.4. The van der Waals surface area contributed by atoms with Crippen LogP contribution in [0.2, 0.25) is 0 Å². The van der Waals surface area contributed by atoms with Gasteiger partial charge < -0.3 is 0 Å². The first-order valence-electron chi connectivity index (χ1n) is 41.2. The summed E-state index contributed by atoms with van der Waals surface area (Å²) >= 11 is 0. The Labute approximate surface area is 545 Å². The number of hydrogen-bond donors (Lipinski definition) is 2. The lowest BCUT2D eigenvalue weighted by atomic mass is 9.48. The second kappa shape index (κ2) is 26.5. The van der Waals surface area contributed by atoms with Crippen molar-refractivity contribution in [3.05, 3.63) is 0 Å². The van der Waals surface area contributed by atoms with Crippen LogP contribution in [0, 0.1) is 47.3 Å². The van der Waals surface area contributed by atoms with E-state index in [4.69, 9.17) is 10.6 Å². The van der Waals surface area contributed by atoms with Crippen molar-refractivity contribution in [2.45, 2.75) is 416 Å². The summed E-state index contributed by atoms with van der Waals surface area (Å²) in [6.45, 7) is 0. The van der Waals surface area contributed by atoms with Crippen LogP contribution in [0.3, 0.4) is 0 Å². The van der Waals surface area contributed by atoms with Gasteiger partial charge in [0.2, 0.25) is 0 Å². The van der Waals surface area contributed by atoms with Crippen LogP contribution >= 0.6 is 0 Å². The van der Waals surface area contributed by atoms with Crippen LogP contribution in [0.25, 0.3) is 0 Å². The molecule has 0 aromatic carbocycles. The van der Waals surface area contributed by atoms with Crippen molar-refractivity contribution in [1.29, 1.82) is 0 Å². The number of nitrogens with one attached hydrogen (secondary N) is 2. The van der Waals surface area contributed by atoms with Crippen molar-refractivity contribution in [3.63, 3.8) is 0 Å². The van der Waals surface area contributed by atoms with E-state index < -0.39 is 0 Å². The summed E-state index contributed by atoms with van der Waals surface area (Å²) in [6, 6.07) is 14.7. The second-order valence-electron chi connectivity index (χ2n) is 36.4. The topological polar surface area (TPSA) is 50.0 Å². The summed E-state index contributed by atoms with van der Waals surface area (Å²) in [5.41, 5.74) is 0. The van der Waals surface area contributed by atoms with Gasteiger partial charge in [-0.3, -0.25) is 49.8 Å². The molecule has 29 unspecified atom stereocenters. The Morgan fingerprint density at radius 2 is 0.506 bits per heavy atom. The maximum absolute atomic E-state index is 4.86. The van der Waals surface area contributed by atoms with Gasteiger partial charge in [-0.15, -0.1) is 0 Å². The summed E-state index contributed by atoms with van der Waals surface area (Å²) in [5.74, 6) is 6.47. The van der Waals surface area contributed by atoms with E-state index in [9.17, 15) is 0 Å². The van der Waals surface area contributed by atoms with Crippen molar-refractivity contribution in [2.24, 2.45) is 47.3 Å². The van der Waals surface area contributed by atoms with Crippen molar-refractivity contribution < 1.29 is 0 Å². The first kappa shape index (κ1) is 62.1. The molecule has 0 bridgehead atoms. The summed E-state index contributed by atoms with van der Waals surface area (Å²) < 4.78 is 0. The van der Waals surface area contributed by atoms with Gasteiger partial charge in [0.25, 0.3) is 0 Å². The van der Waals surface area contributed by atoms with E-state index in [1.54, 1.807) is 6.42 Å². The molecule has 0 aromatic rings. The third-order valence-corrected chi connectivity index (χ3v) is 33.0. The number of likely N-dealkylation sites (N-methyl/N-ethyl adjacent to an activating group) is 5. The van der Waals surface area contributed by atoms with Crippen LogP contribution in [0.4, 0.5) is 0 Å². The summed E-state index contributed by atoms with van der Waals surface area (Å²) in [6.07, 6.45) is 67.3. The summed E-state index contributed by atoms with van der Waals surface area (Å²) in [4.78, 5) is 25.7. The summed E-state index contributed by atoms with van der Waals surface area (Å²) in [5, 5.41) is 9.65. The fourth-order valence-electron chi connectivity index (χ4n) is 29.6. The average Bonchev–Trinajstić information content (AvgIpc) is 1.99. The van der Waals surface area contributed by atoms with E-state index in [1.165, 1.54) is 283 Å². The molecular weight excluding hydrogens is 1090 g/mol. The molecule has 0 aromatic heterocycles. The zero-order chi connectivity index (χ0) is 59.6. The molecule has 5 aliphatic heterocycles. The number of piperazine rings is 3. The standard InChI is InChI=1S/C79H136N10/c1-82-63-35-10-16-41-69(63)87(70-42-17-11-36-64(70)82)54-28-22-25-51(47-54)57-50-58(78-80-59-31-6-8-33-61(59)85(78)4)77(79-81-60-32-7-9-34-62(60)86(79)5)76(53-27-24-30-56(49-53)89-73-45-20-14-39-67(73)84(3)68-40-15-21-46-74(68)89)75(57)52-26-23-29-55(48-52)88-71-43-18-12-37-65(71)83(2)66-38-13-19-44-72(66)88/h51-81H,6-50H2,1-5H3. The van der Waals surface area contributed by atoms with Gasteiger partial charge in [0.05, 0.1) is 12.3 Å². The van der Waals surface area contributed by atoms with Crippen LogP contribution in [0.5, 0.6) is 0 Å². The predicted octanol–water partition coefficient (Wildman–Crippen LogP) is 14.1. The zero-order valence-electron chi connectivity index (χ0n) is 58.1. The van der Waals surface area contributed by atoms with Crippen molar-refractivity contribution in [3.8, 4) is 0 Å². The highest BCUT2D eigenvalue weighted by Gasteiger charge is 2.63. The Morgan fingerprint density at radius 1 is 0.213 bits per heavy atom. The minimum absolute atomic E-state index is 0.507. The molecule has 10 nitrogen and oxygen atoms in total. The molecule has 12 saturated carbocycles. The molecule has 17 rings (SSSR count). The lowest BCUT2D eigenvalue weighted by molar-refractivity contribution is -0.148. The Balaban J connectivity index is 0.806. The van der Waals surface area contributed by atoms with E-state index in [0.29, 0.717) is 36.3 Å². The molecule has 5 saturated heterocycles. The number of fused-ring (bicyclic) bond motifs is 8. The minimum atomic E-state index is 0.507. The number of rotatable bonds is 8. The highest BCUT2D eigenvalue weighted by molar-refractivity contribution is 5.16. The molecule has 502 valence electrons. The van der Waals surface area contributed by atoms with Crippen molar-refractivity contribution >= 4 is 0 Å². The number of hydrogen-bond acceptors (Lipinski definition) is 10. The highest BCUT2D eigenvalue weighted by atomic mass is 15.4. The van der Waals surface area contributed by atoms with Gasteiger partial charge in [-0.2, -0.15) is 0 Å². The Morgan fingerprint density at radius 3 is 0.876 bits per heavy atom. The quantitative estimate of drug-likeness (QED) is 0.246. The summed E-state index contributed by atoms with van der Waals surface area (Å²) in [7, 11) is 13.3. The van der Waals surface area contributed by atoms with E-state index in [0.717, 1.165) is 138 Å². The molecule has 2 N–H and O–H groups in total. The predicted molar refractivity (Wildman–Crippen MR) is 366 cm³/mol. The van der Waals surface area contributed by atoms with Gasteiger partial charge in [-0.05, 0) is 230 Å². The Kier molecular flexibility index (Phi) is 18.5. The van der Waals surface area contributed by atoms with Gasteiger partial charge >= 0.3 is 0 Å². The van der Waals surface area contributed by atoms with Crippen molar-refractivity contribution in [2.75, 3.05) is 35.2 Å². The molecule has 17 aliphatic rings. The normalized spacial score (nSPS) is 52.9. The van der Waals surface area contributed by atoms with E-state index >= 15 is 0 Å². The van der Waals surface area contributed by atoms with Crippen LogP contribution in [-0.4, -0.2) is 202 Å². The molecule has 29 atom stereocenters. The average molecular weight is 1230 g/mol. The lowest BCUT2D eigenvalue weighted by Gasteiger charge is -2.64. The van der Waals surface area contributed by atoms with Crippen molar-refractivity contribution in [1.82, 2.24) is 49.8 Å². The van der Waals surface area contributed by atoms with Gasteiger partial charge in [0.1, 0.15) is 0 Å². The largest absolute Gasteiger partial charge is 0.297 e. The van der Waals surface area contributed by atoms with Gasteiger partial charge in [0, 0.05) is 115 Å². The molecule has 0 amide bonds. The molecule has 5 heterocycles. The van der Waals surface area contributed by atoms with Crippen LogP contribution < -0.4 is 10.6 Å². The van der Waals surface area contributed by atoms with E-state index in [1.807, 2.05) is 0 Å².